The lowest BCUT2D eigenvalue weighted by Gasteiger charge is -2.31. The molecule has 3 heterocycles. The number of hydrogen-bond acceptors (Lipinski definition) is 4. The van der Waals surface area contributed by atoms with Crippen LogP contribution in [0, 0.1) is 5.92 Å². The number of amides is 1. The molecule has 1 aromatic rings. The molecule has 0 unspecified atom stereocenters. The summed E-state index contributed by atoms with van der Waals surface area (Å²) in [5.74, 6) is 1.05. The lowest BCUT2D eigenvalue weighted by atomic mass is 9.96. The number of rotatable bonds is 3. The molecule has 3 rings (SSSR count). The summed E-state index contributed by atoms with van der Waals surface area (Å²) in [5.41, 5.74) is 0. The van der Waals surface area contributed by atoms with Gasteiger partial charge in [-0.25, -0.2) is 17.7 Å². The van der Waals surface area contributed by atoms with E-state index in [9.17, 15) is 13.2 Å². The molecule has 1 saturated heterocycles. The average molecular weight is 326 g/mol. The number of sulfonamides is 1. The molecule has 22 heavy (non-hydrogen) atoms. The van der Waals surface area contributed by atoms with Crippen molar-refractivity contribution in [1.29, 1.82) is 0 Å². The van der Waals surface area contributed by atoms with Gasteiger partial charge in [0.15, 0.2) is 0 Å². The van der Waals surface area contributed by atoms with Gasteiger partial charge in [0.2, 0.25) is 15.9 Å². The second-order valence-electron chi connectivity index (χ2n) is 6.18. The van der Waals surface area contributed by atoms with Crippen LogP contribution in [0.5, 0.6) is 0 Å². The summed E-state index contributed by atoms with van der Waals surface area (Å²) in [4.78, 5) is 16.6. The van der Waals surface area contributed by atoms with Gasteiger partial charge in [-0.05, 0) is 19.3 Å². The van der Waals surface area contributed by atoms with E-state index in [2.05, 4.69) is 14.9 Å². The predicted molar refractivity (Wildman–Crippen MR) is 81.6 cm³/mol. The van der Waals surface area contributed by atoms with E-state index >= 15 is 0 Å². The number of aromatic nitrogens is 2. The first-order valence-electron chi connectivity index (χ1n) is 7.69. The first kappa shape index (κ1) is 15.5. The largest absolute Gasteiger partial charge is 0.351 e. The molecule has 122 valence electrons. The molecule has 0 saturated carbocycles. The van der Waals surface area contributed by atoms with Crippen LogP contribution in [-0.4, -0.2) is 53.6 Å². The Kier molecular flexibility index (Phi) is 4.22. The van der Waals surface area contributed by atoms with Gasteiger partial charge >= 0.3 is 0 Å². The quantitative estimate of drug-likeness (QED) is 0.846. The lowest BCUT2D eigenvalue weighted by Crippen LogP contribution is -2.47. The summed E-state index contributed by atoms with van der Waals surface area (Å²) in [6.45, 7) is 1.64. The van der Waals surface area contributed by atoms with Gasteiger partial charge in [-0.3, -0.25) is 4.79 Å². The van der Waals surface area contributed by atoms with E-state index in [1.165, 1.54) is 10.6 Å². The summed E-state index contributed by atoms with van der Waals surface area (Å²) in [6.07, 6.45) is 7.94. The molecule has 1 amide bonds. The predicted octanol–water partition coefficient (Wildman–Crippen LogP) is -0.0143. The molecule has 1 atom stereocenters. The van der Waals surface area contributed by atoms with Crippen LogP contribution in [0.25, 0.3) is 0 Å². The summed E-state index contributed by atoms with van der Waals surface area (Å²) in [6, 6.07) is 0.141. The van der Waals surface area contributed by atoms with E-state index in [1.54, 1.807) is 6.20 Å². The summed E-state index contributed by atoms with van der Waals surface area (Å²) in [5, 5.41) is 3.12. The van der Waals surface area contributed by atoms with Crippen molar-refractivity contribution in [3.8, 4) is 0 Å². The highest BCUT2D eigenvalue weighted by molar-refractivity contribution is 7.88. The van der Waals surface area contributed by atoms with E-state index < -0.39 is 10.0 Å². The van der Waals surface area contributed by atoms with Gasteiger partial charge in [-0.2, -0.15) is 0 Å². The number of nitrogens with zero attached hydrogens (tertiary/aromatic N) is 3. The van der Waals surface area contributed by atoms with E-state index in [4.69, 9.17) is 0 Å². The van der Waals surface area contributed by atoms with Gasteiger partial charge in [0.1, 0.15) is 5.82 Å². The molecule has 0 spiro atoms. The molecule has 0 aromatic carbocycles. The summed E-state index contributed by atoms with van der Waals surface area (Å²) in [7, 11) is -3.14. The van der Waals surface area contributed by atoms with Crippen LogP contribution in [-0.2, 0) is 27.8 Å². The number of hydrogen-bond donors (Lipinski definition) is 1. The molecule has 2 aliphatic rings. The van der Waals surface area contributed by atoms with Crippen molar-refractivity contribution in [2.75, 3.05) is 19.3 Å². The van der Waals surface area contributed by atoms with Crippen LogP contribution in [0.4, 0.5) is 0 Å². The van der Waals surface area contributed by atoms with Gasteiger partial charge in [0.25, 0.3) is 0 Å². The number of piperidine rings is 1. The van der Waals surface area contributed by atoms with Crippen LogP contribution >= 0.6 is 0 Å². The fourth-order valence-corrected chi connectivity index (χ4v) is 4.13. The maximum absolute atomic E-state index is 12.4. The van der Waals surface area contributed by atoms with E-state index in [1.807, 2.05) is 6.20 Å². The van der Waals surface area contributed by atoms with Crippen molar-refractivity contribution in [2.24, 2.45) is 5.92 Å². The van der Waals surface area contributed by atoms with Crippen molar-refractivity contribution in [1.82, 2.24) is 19.2 Å². The SMILES string of the molecule is CS(=O)(=O)N1CCC(C(=O)N[C@H]2CCc3nccn3C2)CC1. The fourth-order valence-electron chi connectivity index (χ4n) is 3.25. The van der Waals surface area contributed by atoms with E-state index in [-0.39, 0.29) is 17.9 Å². The Bertz CT molecular complexity index is 647. The molecular weight excluding hydrogens is 304 g/mol. The molecule has 7 nitrogen and oxygen atoms in total. The number of imidazole rings is 1. The zero-order chi connectivity index (χ0) is 15.7. The summed E-state index contributed by atoms with van der Waals surface area (Å²) >= 11 is 0. The molecule has 0 aliphatic carbocycles. The van der Waals surface area contributed by atoms with Gasteiger partial charge in [0, 0.05) is 50.4 Å². The Hall–Kier alpha value is -1.41. The van der Waals surface area contributed by atoms with E-state index in [0.29, 0.717) is 25.9 Å². The first-order chi connectivity index (χ1) is 10.4. The fraction of sp³-hybridized carbons (Fsp3) is 0.714. The third-order valence-corrected chi connectivity index (χ3v) is 5.88. The second kappa shape index (κ2) is 6.00. The van der Waals surface area contributed by atoms with Crippen molar-refractivity contribution >= 4 is 15.9 Å². The second-order valence-corrected chi connectivity index (χ2v) is 8.16. The minimum absolute atomic E-state index is 0.0571. The third-order valence-electron chi connectivity index (χ3n) is 4.58. The van der Waals surface area contributed by atoms with Crippen LogP contribution < -0.4 is 5.32 Å². The number of nitrogens with one attached hydrogen (secondary N) is 1. The number of aryl methyl sites for hydroxylation is 1. The Morgan fingerprint density at radius 1 is 1.32 bits per heavy atom. The molecular formula is C14H22N4O3S. The Morgan fingerprint density at radius 2 is 2.05 bits per heavy atom. The average Bonchev–Trinajstić information content (AvgIpc) is 2.94. The topological polar surface area (TPSA) is 84.3 Å². The Labute approximate surface area is 130 Å². The maximum Gasteiger partial charge on any atom is 0.223 e. The van der Waals surface area contributed by atoms with Crippen LogP contribution in [0.3, 0.4) is 0 Å². The van der Waals surface area contributed by atoms with Crippen molar-refractivity contribution < 1.29 is 13.2 Å². The monoisotopic (exact) mass is 326 g/mol. The molecule has 0 radical (unpaired) electrons. The highest BCUT2D eigenvalue weighted by atomic mass is 32.2. The van der Waals surface area contributed by atoms with Crippen molar-refractivity contribution in [2.45, 2.75) is 38.3 Å². The Morgan fingerprint density at radius 3 is 2.73 bits per heavy atom. The van der Waals surface area contributed by atoms with Crippen LogP contribution in [0.1, 0.15) is 25.1 Å². The maximum atomic E-state index is 12.4. The smallest absolute Gasteiger partial charge is 0.223 e. The molecule has 0 bridgehead atoms. The molecule has 2 aliphatic heterocycles. The standard InChI is InChI=1S/C14H22N4O3S/c1-22(20,21)18-7-4-11(5-8-18)14(19)16-12-2-3-13-15-6-9-17(13)10-12/h6,9,11-12H,2-5,7-8,10H2,1H3,(H,16,19)/t12-/m0/s1. The van der Waals surface area contributed by atoms with Gasteiger partial charge in [-0.1, -0.05) is 0 Å². The number of fused-ring (bicyclic) bond motifs is 1. The van der Waals surface area contributed by atoms with Crippen molar-refractivity contribution in [3.63, 3.8) is 0 Å². The third kappa shape index (κ3) is 3.33. The first-order valence-corrected chi connectivity index (χ1v) is 9.54. The zero-order valence-corrected chi connectivity index (χ0v) is 13.6. The van der Waals surface area contributed by atoms with E-state index in [0.717, 1.165) is 25.2 Å². The molecule has 8 heteroatoms. The van der Waals surface area contributed by atoms with Gasteiger partial charge in [-0.15, -0.1) is 0 Å². The molecule has 1 N–H and O–H groups in total. The Balaban J connectivity index is 1.51. The van der Waals surface area contributed by atoms with Crippen LogP contribution in [0.15, 0.2) is 12.4 Å². The lowest BCUT2D eigenvalue weighted by molar-refractivity contribution is -0.127. The van der Waals surface area contributed by atoms with Gasteiger partial charge in [0.05, 0.1) is 6.26 Å². The highest BCUT2D eigenvalue weighted by Gasteiger charge is 2.30. The van der Waals surface area contributed by atoms with Crippen LogP contribution in [0.2, 0.25) is 0 Å². The normalized spacial score (nSPS) is 24.0. The summed E-state index contributed by atoms with van der Waals surface area (Å²) < 4.78 is 26.5. The zero-order valence-electron chi connectivity index (χ0n) is 12.7. The van der Waals surface area contributed by atoms with Crippen molar-refractivity contribution in [3.05, 3.63) is 18.2 Å². The molecule has 1 fully saturated rings. The minimum atomic E-state index is -3.14. The molecule has 1 aromatic heterocycles. The van der Waals surface area contributed by atoms with Gasteiger partial charge < -0.3 is 9.88 Å². The minimum Gasteiger partial charge on any atom is -0.351 e. The number of carbonyl (C=O) groups is 1. The highest BCUT2D eigenvalue weighted by Crippen LogP contribution is 2.20. The number of carbonyl (C=O) groups excluding carboxylic acids is 1.